The van der Waals surface area contributed by atoms with Gasteiger partial charge in [-0.2, -0.15) is 0 Å². The van der Waals surface area contributed by atoms with Crippen molar-refractivity contribution in [1.82, 2.24) is 0 Å². The number of hydrogen-bond acceptors (Lipinski definition) is 6. The van der Waals surface area contributed by atoms with E-state index < -0.39 is 36.4 Å². The highest BCUT2D eigenvalue weighted by Gasteiger charge is 2.50. The third-order valence-corrected chi connectivity index (χ3v) is 5.48. The van der Waals surface area contributed by atoms with Gasteiger partial charge in [0.05, 0.1) is 13.2 Å². The lowest BCUT2D eigenvalue weighted by atomic mass is 10.1. The first-order valence-electron chi connectivity index (χ1n) is 10.6. The van der Waals surface area contributed by atoms with Gasteiger partial charge in [-0.05, 0) is 37.1 Å². The number of ether oxygens (including phenoxy) is 4. The Morgan fingerprint density at radius 2 is 1.09 bits per heavy atom. The zero-order valence-electron chi connectivity index (χ0n) is 18.1. The number of benzene rings is 2. The van der Waals surface area contributed by atoms with Gasteiger partial charge in [0.25, 0.3) is 0 Å². The zero-order valence-corrected chi connectivity index (χ0v) is 18.1. The lowest BCUT2D eigenvalue weighted by Gasteiger charge is -2.16. The van der Waals surface area contributed by atoms with Crippen molar-refractivity contribution >= 4 is 24.1 Å². The number of esters is 2. The van der Waals surface area contributed by atoms with Crippen molar-refractivity contribution in [1.29, 1.82) is 0 Å². The van der Waals surface area contributed by atoms with Crippen LogP contribution < -0.4 is 0 Å². The van der Waals surface area contributed by atoms with E-state index in [9.17, 15) is 9.59 Å². The molecule has 6 heteroatoms. The molecule has 2 aromatic carbocycles. The highest BCUT2D eigenvalue weighted by molar-refractivity contribution is 5.87. The molecule has 4 atom stereocenters. The number of carbonyl (C=O) groups excluding carboxylic acids is 2. The molecule has 0 unspecified atom stereocenters. The number of carbonyl (C=O) groups is 2. The first-order valence-corrected chi connectivity index (χ1v) is 10.6. The van der Waals surface area contributed by atoms with Gasteiger partial charge in [-0.3, -0.25) is 0 Å². The fourth-order valence-electron chi connectivity index (χ4n) is 3.69. The maximum Gasteiger partial charge on any atom is 0.331 e. The maximum atomic E-state index is 12.2. The van der Waals surface area contributed by atoms with Crippen LogP contribution in [0.3, 0.4) is 0 Å². The summed E-state index contributed by atoms with van der Waals surface area (Å²) in [6, 6.07) is 15.6. The Morgan fingerprint density at radius 1 is 0.719 bits per heavy atom. The predicted molar refractivity (Wildman–Crippen MR) is 120 cm³/mol. The second-order valence-electron chi connectivity index (χ2n) is 8.03. The molecule has 2 saturated heterocycles. The predicted octanol–water partition coefficient (Wildman–Crippen LogP) is 3.65. The largest absolute Gasteiger partial charge is 0.454 e. The van der Waals surface area contributed by atoms with E-state index >= 15 is 0 Å². The molecule has 0 saturated carbocycles. The first kappa shape index (κ1) is 22.0. The average molecular weight is 434 g/mol. The van der Waals surface area contributed by atoms with Crippen LogP contribution in [0, 0.1) is 13.8 Å². The van der Waals surface area contributed by atoms with E-state index in [0.29, 0.717) is 0 Å². The molecular formula is C26H26O6. The van der Waals surface area contributed by atoms with E-state index in [1.54, 1.807) is 12.2 Å². The summed E-state index contributed by atoms with van der Waals surface area (Å²) in [5.41, 5.74) is 4.13. The fraction of sp³-hybridized carbons (Fsp3) is 0.308. The van der Waals surface area contributed by atoms with Crippen molar-refractivity contribution in [2.75, 3.05) is 13.2 Å². The average Bonchev–Trinajstić information content (AvgIpc) is 3.36. The highest BCUT2D eigenvalue weighted by Crippen LogP contribution is 2.30. The van der Waals surface area contributed by atoms with Crippen molar-refractivity contribution in [2.24, 2.45) is 0 Å². The number of fused-ring (bicyclic) bond motifs is 1. The molecule has 0 N–H and O–H groups in total. The molecule has 6 nitrogen and oxygen atoms in total. The molecule has 2 fully saturated rings. The minimum Gasteiger partial charge on any atom is -0.454 e. The van der Waals surface area contributed by atoms with Crippen LogP contribution in [0.2, 0.25) is 0 Å². The Labute approximate surface area is 187 Å². The van der Waals surface area contributed by atoms with Crippen molar-refractivity contribution in [3.8, 4) is 0 Å². The Hall–Kier alpha value is -3.22. The standard InChI is InChI=1S/C26H26O6/c1-17-3-7-19(8-4-17)11-13-23(27)31-21-15-29-26-22(16-30-25(21)26)32-24(28)14-12-20-9-5-18(2)6-10-20/h3-14,21-22,25-26H,15-16H2,1-2H3/b13-11+,14-12+/t21-,22+,25-,26-/m1/s1. The van der Waals surface area contributed by atoms with Gasteiger partial charge in [-0.1, -0.05) is 59.7 Å². The normalized spacial score (nSPS) is 24.7. The molecule has 0 radical (unpaired) electrons. The molecule has 0 bridgehead atoms. The lowest BCUT2D eigenvalue weighted by molar-refractivity contribution is -0.149. The van der Waals surface area contributed by atoms with Gasteiger partial charge < -0.3 is 18.9 Å². The maximum absolute atomic E-state index is 12.2. The smallest absolute Gasteiger partial charge is 0.331 e. The summed E-state index contributed by atoms with van der Waals surface area (Å²) in [5, 5.41) is 0. The lowest BCUT2D eigenvalue weighted by Crippen LogP contribution is -2.35. The van der Waals surface area contributed by atoms with E-state index in [1.807, 2.05) is 62.4 Å². The van der Waals surface area contributed by atoms with Gasteiger partial charge in [0.15, 0.2) is 12.2 Å². The van der Waals surface area contributed by atoms with Gasteiger partial charge in [0.2, 0.25) is 0 Å². The minimum atomic E-state index is -0.540. The fourth-order valence-corrected chi connectivity index (χ4v) is 3.69. The van der Waals surface area contributed by atoms with Gasteiger partial charge in [0, 0.05) is 12.2 Å². The summed E-state index contributed by atoms with van der Waals surface area (Å²) in [6.07, 6.45) is 4.20. The Balaban J connectivity index is 1.27. The van der Waals surface area contributed by atoms with Crippen molar-refractivity contribution < 1.29 is 28.5 Å². The topological polar surface area (TPSA) is 71.1 Å². The molecule has 0 amide bonds. The molecule has 166 valence electrons. The van der Waals surface area contributed by atoms with Gasteiger partial charge in [0.1, 0.15) is 12.2 Å². The van der Waals surface area contributed by atoms with E-state index in [2.05, 4.69) is 0 Å². The number of rotatable bonds is 6. The summed E-state index contributed by atoms with van der Waals surface area (Å²) in [7, 11) is 0. The summed E-state index contributed by atoms with van der Waals surface area (Å²) in [4.78, 5) is 24.4. The van der Waals surface area contributed by atoms with Gasteiger partial charge in [-0.25, -0.2) is 9.59 Å². The summed E-state index contributed by atoms with van der Waals surface area (Å²) >= 11 is 0. The third kappa shape index (κ3) is 5.52. The quantitative estimate of drug-likeness (QED) is 0.511. The molecule has 2 aliphatic heterocycles. The molecule has 2 aliphatic rings. The van der Waals surface area contributed by atoms with Crippen molar-refractivity contribution in [3.05, 3.63) is 82.9 Å². The SMILES string of the molecule is Cc1ccc(/C=C/C(=O)O[C@H]2CO[C@H]3[C@@H]2OC[C@H]3OC(=O)/C=C/c2ccc(C)cc2)cc1. The first-order chi connectivity index (χ1) is 15.5. The molecule has 2 heterocycles. The highest BCUT2D eigenvalue weighted by atomic mass is 16.7. The summed E-state index contributed by atoms with van der Waals surface area (Å²) < 4.78 is 22.5. The van der Waals surface area contributed by atoms with Gasteiger partial charge in [-0.15, -0.1) is 0 Å². The van der Waals surface area contributed by atoms with Gasteiger partial charge >= 0.3 is 11.9 Å². The second kappa shape index (κ2) is 9.94. The zero-order chi connectivity index (χ0) is 22.5. The third-order valence-electron chi connectivity index (χ3n) is 5.48. The van der Waals surface area contributed by atoms with Crippen LogP contribution in [0.25, 0.3) is 12.2 Å². The van der Waals surface area contributed by atoms with Crippen LogP contribution in [-0.2, 0) is 28.5 Å². The van der Waals surface area contributed by atoms with Crippen molar-refractivity contribution in [3.63, 3.8) is 0 Å². The molecule has 32 heavy (non-hydrogen) atoms. The molecular weight excluding hydrogens is 408 g/mol. The molecule has 0 spiro atoms. The minimum absolute atomic E-state index is 0.201. The van der Waals surface area contributed by atoms with E-state index in [0.717, 1.165) is 22.3 Å². The Kier molecular flexibility index (Phi) is 6.83. The molecule has 0 aliphatic carbocycles. The van der Waals surface area contributed by atoms with Crippen molar-refractivity contribution in [2.45, 2.75) is 38.3 Å². The number of hydrogen-bond donors (Lipinski definition) is 0. The Morgan fingerprint density at radius 3 is 1.47 bits per heavy atom. The molecule has 4 rings (SSSR count). The van der Waals surface area contributed by atoms with Crippen LogP contribution in [0.4, 0.5) is 0 Å². The van der Waals surface area contributed by atoms with E-state index in [1.165, 1.54) is 12.2 Å². The van der Waals surface area contributed by atoms with Crippen LogP contribution in [0.15, 0.2) is 60.7 Å². The van der Waals surface area contributed by atoms with E-state index in [4.69, 9.17) is 18.9 Å². The van der Waals surface area contributed by atoms with Crippen LogP contribution in [0.5, 0.6) is 0 Å². The van der Waals surface area contributed by atoms with Crippen LogP contribution in [-0.4, -0.2) is 49.6 Å². The summed E-state index contributed by atoms with van der Waals surface area (Å²) in [5.74, 6) is -0.935. The Bertz CT molecular complexity index is 922. The van der Waals surface area contributed by atoms with E-state index in [-0.39, 0.29) is 13.2 Å². The molecule has 0 aromatic heterocycles. The number of aryl methyl sites for hydroxylation is 2. The molecule has 2 aromatic rings. The van der Waals surface area contributed by atoms with Crippen LogP contribution >= 0.6 is 0 Å². The summed E-state index contributed by atoms with van der Waals surface area (Å²) in [6.45, 7) is 4.41. The van der Waals surface area contributed by atoms with Crippen LogP contribution in [0.1, 0.15) is 22.3 Å². The second-order valence-corrected chi connectivity index (χ2v) is 8.03. The monoisotopic (exact) mass is 434 g/mol.